The maximum Gasteiger partial charge on any atom is 0.0361 e. The largest absolute Gasteiger partial charge is 0.135 e. The molecule has 1 heteroatoms. The van der Waals surface area contributed by atoms with Crippen LogP contribution in [0.15, 0.2) is 60.7 Å². The monoisotopic (exact) mass is 288 g/mol. The van der Waals surface area contributed by atoms with Crippen molar-refractivity contribution < 1.29 is 0 Å². The zero-order valence-corrected chi connectivity index (χ0v) is 13.0. The van der Waals surface area contributed by atoms with E-state index in [1.165, 1.54) is 42.4 Å². The highest BCUT2D eigenvalue weighted by molar-refractivity contribution is 7.25. The van der Waals surface area contributed by atoms with Crippen molar-refractivity contribution in [1.82, 2.24) is 0 Å². The summed E-state index contributed by atoms with van der Waals surface area (Å²) in [5.74, 6) is 0. The van der Waals surface area contributed by atoms with Crippen LogP contribution in [0.25, 0.3) is 31.3 Å². The molecule has 0 unspecified atom stereocenters. The summed E-state index contributed by atoms with van der Waals surface area (Å²) in [6.45, 7) is 4.41. The first-order valence-corrected chi connectivity index (χ1v) is 8.04. The lowest BCUT2D eigenvalue weighted by molar-refractivity contribution is 1.34. The maximum atomic E-state index is 2.25. The Hall–Kier alpha value is -2.12. The van der Waals surface area contributed by atoms with Crippen molar-refractivity contribution in [3.8, 4) is 11.1 Å². The lowest BCUT2D eigenvalue weighted by Crippen LogP contribution is -1.87. The molecule has 0 atom stereocenters. The van der Waals surface area contributed by atoms with Crippen LogP contribution in [0.3, 0.4) is 0 Å². The molecule has 3 aromatic carbocycles. The molecule has 0 N–H and O–H groups in total. The molecule has 4 rings (SSSR count). The van der Waals surface area contributed by atoms with Crippen molar-refractivity contribution in [1.29, 1.82) is 0 Å². The van der Waals surface area contributed by atoms with Gasteiger partial charge in [-0.05, 0) is 48.2 Å². The Kier molecular flexibility index (Phi) is 2.83. The van der Waals surface area contributed by atoms with E-state index in [2.05, 4.69) is 74.5 Å². The lowest BCUT2D eigenvalue weighted by atomic mass is 9.94. The minimum Gasteiger partial charge on any atom is -0.135 e. The molecule has 0 radical (unpaired) electrons. The molecule has 102 valence electrons. The van der Waals surface area contributed by atoms with Crippen LogP contribution in [-0.2, 0) is 0 Å². The summed E-state index contributed by atoms with van der Waals surface area (Å²) >= 11 is 1.88. The molecule has 4 aromatic rings. The highest BCUT2D eigenvalue weighted by Gasteiger charge is 2.12. The molecule has 0 saturated heterocycles. The van der Waals surface area contributed by atoms with Gasteiger partial charge < -0.3 is 0 Å². The third kappa shape index (κ3) is 1.89. The highest BCUT2D eigenvalue weighted by atomic mass is 32.1. The Labute approximate surface area is 128 Å². The van der Waals surface area contributed by atoms with Crippen LogP contribution in [-0.4, -0.2) is 0 Å². The van der Waals surface area contributed by atoms with Crippen LogP contribution in [0.2, 0.25) is 0 Å². The van der Waals surface area contributed by atoms with E-state index in [9.17, 15) is 0 Å². The van der Waals surface area contributed by atoms with Crippen molar-refractivity contribution in [2.24, 2.45) is 0 Å². The van der Waals surface area contributed by atoms with E-state index in [1.54, 1.807) is 0 Å². The average molecular weight is 288 g/mol. The van der Waals surface area contributed by atoms with Gasteiger partial charge in [0.25, 0.3) is 0 Å². The van der Waals surface area contributed by atoms with E-state index in [0.717, 1.165) is 0 Å². The van der Waals surface area contributed by atoms with Gasteiger partial charge in [0.2, 0.25) is 0 Å². The molecule has 0 saturated carbocycles. The highest BCUT2D eigenvalue weighted by Crippen LogP contribution is 2.40. The molecular formula is C20H16S. The molecule has 0 fully saturated rings. The van der Waals surface area contributed by atoms with Crippen molar-refractivity contribution >= 4 is 31.5 Å². The molecule has 0 nitrogen and oxygen atoms in total. The Bertz CT molecular complexity index is 960. The zero-order chi connectivity index (χ0) is 14.4. The average Bonchev–Trinajstić information content (AvgIpc) is 2.89. The number of benzene rings is 3. The van der Waals surface area contributed by atoms with Crippen LogP contribution >= 0.6 is 11.3 Å². The second-order valence-electron chi connectivity index (χ2n) is 5.52. The van der Waals surface area contributed by atoms with Gasteiger partial charge >= 0.3 is 0 Å². The van der Waals surface area contributed by atoms with Gasteiger partial charge in [-0.25, -0.2) is 0 Å². The topological polar surface area (TPSA) is 0 Å². The van der Waals surface area contributed by atoms with E-state index >= 15 is 0 Å². The van der Waals surface area contributed by atoms with Crippen LogP contribution < -0.4 is 0 Å². The molecule has 0 spiro atoms. The molecule has 0 amide bonds. The van der Waals surface area contributed by atoms with Crippen LogP contribution in [0, 0.1) is 13.8 Å². The summed E-state index contributed by atoms with van der Waals surface area (Å²) in [5.41, 5.74) is 5.43. The predicted octanol–water partition coefficient (Wildman–Crippen LogP) is 6.34. The molecule has 0 aliphatic carbocycles. The lowest BCUT2D eigenvalue weighted by Gasteiger charge is -2.10. The number of hydrogen-bond acceptors (Lipinski definition) is 1. The van der Waals surface area contributed by atoms with Gasteiger partial charge in [0, 0.05) is 20.2 Å². The third-order valence-corrected chi connectivity index (χ3v) is 5.43. The van der Waals surface area contributed by atoms with Crippen molar-refractivity contribution in [3.63, 3.8) is 0 Å². The van der Waals surface area contributed by atoms with Crippen molar-refractivity contribution in [2.75, 3.05) is 0 Å². The number of hydrogen-bond donors (Lipinski definition) is 0. The van der Waals surface area contributed by atoms with Crippen molar-refractivity contribution in [3.05, 3.63) is 71.8 Å². The first-order valence-electron chi connectivity index (χ1n) is 7.22. The SMILES string of the molecule is Cc1cccc(-c2cccc3sc4ccccc4c23)c1C. The Balaban J connectivity index is 2.16. The van der Waals surface area contributed by atoms with Crippen LogP contribution in [0.4, 0.5) is 0 Å². The first-order chi connectivity index (χ1) is 10.3. The fraction of sp³-hybridized carbons (Fsp3) is 0.100. The standard InChI is InChI=1S/C20H16S/c1-13-7-5-9-15(14(13)2)16-10-6-12-19-20(16)17-8-3-4-11-18(17)21-19/h3-12H,1-2H3. The maximum absolute atomic E-state index is 2.25. The van der Waals surface area contributed by atoms with E-state index < -0.39 is 0 Å². The molecule has 21 heavy (non-hydrogen) atoms. The van der Waals surface area contributed by atoms with Gasteiger partial charge in [-0.3, -0.25) is 0 Å². The van der Waals surface area contributed by atoms with Gasteiger partial charge in [0.1, 0.15) is 0 Å². The van der Waals surface area contributed by atoms with E-state index in [4.69, 9.17) is 0 Å². The van der Waals surface area contributed by atoms with Crippen LogP contribution in [0.5, 0.6) is 0 Å². The van der Waals surface area contributed by atoms with Crippen LogP contribution in [0.1, 0.15) is 11.1 Å². The Morgan fingerprint density at radius 3 is 2.29 bits per heavy atom. The summed E-state index contributed by atoms with van der Waals surface area (Å²) in [4.78, 5) is 0. The fourth-order valence-corrected chi connectivity index (χ4v) is 4.17. The third-order valence-electron chi connectivity index (χ3n) is 4.30. The summed E-state index contributed by atoms with van der Waals surface area (Å²) in [6, 6.07) is 21.9. The summed E-state index contributed by atoms with van der Waals surface area (Å²) < 4.78 is 2.74. The Morgan fingerprint density at radius 1 is 0.667 bits per heavy atom. The van der Waals surface area contributed by atoms with Gasteiger partial charge in [-0.15, -0.1) is 11.3 Å². The molecule has 1 aromatic heterocycles. The number of rotatable bonds is 1. The van der Waals surface area contributed by atoms with Gasteiger partial charge in [0.15, 0.2) is 0 Å². The smallest absolute Gasteiger partial charge is 0.0361 e. The van der Waals surface area contributed by atoms with Gasteiger partial charge in [0.05, 0.1) is 0 Å². The van der Waals surface area contributed by atoms with E-state index in [1.807, 2.05) is 11.3 Å². The second-order valence-corrected chi connectivity index (χ2v) is 6.61. The number of aryl methyl sites for hydroxylation is 1. The normalized spacial score (nSPS) is 11.3. The molecule has 0 bridgehead atoms. The van der Waals surface area contributed by atoms with E-state index in [0.29, 0.717) is 0 Å². The first kappa shape index (κ1) is 12.6. The van der Waals surface area contributed by atoms with Crippen molar-refractivity contribution in [2.45, 2.75) is 13.8 Å². The predicted molar refractivity (Wildman–Crippen MR) is 94.2 cm³/mol. The quantitative estimate of drug-likeness (QED) is 0.383. The number of thiophene rings is 1. The van der Waals surface area contributed by atoms with E-state index in [-0.39, 0.29) is 0 Å². The fourth-order valence-electron chi connectivity index (χ4n) is 3.04. The number of fused-ring (bicyclic) bond motifs is 3. The molecular weight excluding hydrogens is 272 g/mol. The minimum absolute atomic E-state index is 1.35. The Morgan fingerprint density at radius 2 is 1.38 bits per heavy atom. The van der Waals surface area contributed by atoms with Gasteiger partial charge in [-0.1, -0.05) is 48.5 Å². The zero-order valence-electron chi connectivity index (χ0n) is 12.2. The summed E-state index contributed by atoms with van der Waals surface area (Å²) in [5, 5.41) is 2.76. The van der Waals surface area contributed by atoms with Gasteiger partial charge in [-0.2, -0.15) is 0 Å². The second kappa shape index (κ2) is 4.71. The summed E-state index contributed by atoms with van der Waals surface area (Å²) in [6.07, 6.45) is 0. The molecule has 0 aliphatic heterocycles. The molecule has 0 aliphatic rings. The summed E-state index contributed by atoms with van der Waals surface area (Å²) in [7, 11) is 0. The molecule has 1 heterocycles. The minimum atomic E-state index is 1.35.